The average molecular weight is 287 g/mol. The molecule has 0 aliphatic carbocycles. The maximum Gasteiger partial charge on any atom is 0.328 e. The number of hydrogen-bond donors (Lipinski definition) is 1. The van der Waals surface area contributed by atoms with Gasteiger partial charge in [-0.25, -0.2) is 4.79 Å². The first-order chi connectivity index (χ1) is 9.72. The molecule has 0 atom stereocenters. The zero-order valence-corrected chi connectivity index (χ0v) is 12.2. The van der Waals surface area contributed by atoms with Crippen molar-refractivity contribution in [3.05, 3.63) is 35.4 Å². The summed E-state index contributed by atoms with van der Waals surface area (Å²) in [7, 11) is 0. The van der Waals surface area contributed by atoms with Gasteiger partial charge in [0.2, 0.25) is 11.8 Å². The lowest BCUT2D eigenvalue weighted by atomic mass is 9.92. The molecule has 2 rings (SSSR count). The quantitative estimate of drug-likeness (QED) is 0.684. The van der Waals surface area contributed by atoms with Crippen LogP contribution in [-0.2, 0) is 14.4 Å². The smallest absolute Gasteiger partial charge is 0.328 e. The molecule has 5 heteroatoms. The monoisotopic (exact) mass is 287 g/mol. The largest absolute Gasteiger partial charge is 0.478 e. The number of imide groups is 1. The maximum absolute atomic E-state index is 12.3. The molecule has 0 aromatic heterocycles. The van der Waals surface area contributed by atoms with Crippen molar-refractivity contribution in [3.63, 3.8) is 0 Å². The topological polar surface area (TPSA) is 74.7 Å². The summed E-state index contributed by atoms with van der Waals surface area (Å²) in [6.07, 6.45) is 2.67. The molecule has 1 fully saturated rings. The predicted molar refractivity (Wildman–Crippen MR) is 78.7 cm³/mol. The van der Waals surface area contributed by atoms with Gasteiger partial charge in [-0.15, -0.1) is 0 Å². The molecule has 0 spiro atoms. The van der Waals surface area contributed by atoms with E-state index in [4.69, 9.17) is 5.11 Å². The fourth-order valence-corrected chi connectivity index (χ4v) is 2.32. The molecular formula is C16H17NO4. The first-order valence-corrected chi connectivity index (χ1v) is 6.61. The van der Waals surface area contributed by atoms with Crippen molar-refractivity contribution in [1.82, 2.24) is 0 Å². The molecule has 1 aromatic rings. The second kappa shape index (κ2) is 5.16. The molecule has 5 nitrogen and oxygen atoms in total. The number of amides is 2. The Hall–Kier alpha value is -2.43. The van der Waals surface area contributed by atoms with Crippen molar-refractivity contribution < 1.29 is 19.5 Å². The van der Waals surface area contributed by atoms with Crippen LogP contribution in [0.5, 0.6) is 0 Å². The molecule has 1 aliphatic rings. The highest BCUT2D eigenvalue weighted by atomic mass is 16.4. The Morgan fingerprint density at radius 3 is 2.52 bits per heavy atom. The van der Waals surface area contributed by atoms with Crippen LogP contribution in [0, 0.1) is 12.3 Å². The van der Waals surface area contributed by atoms with Crippen molar-refractivity contribution in [1.29, 1.82) is 0 Å². The fraction of sp³-hybridized carbons (Fsp3) is 0.312. The standard InChI is InChI=1S/C16H17NO4/c1-10-4-6-12(8-11(10)5-7-14(19)20)17-13(18)9-16(2,3)15(17)21/h4-8H,9H2,1-3H3,(H,19,20). The highest BCUT2D eigenvalue weighted by Gasteiger charge is 2.45. The summed E-state index contributed by atoms with van der Waals surface area (Å²) in [5.41, 5.74) is 1.32. The van der Waals surface area contributed by atoms with Gasteiger partial charge in [-0.3, -0.25) is 14.5 Å². The van der Waals surface area contributed by atoms with Crippen LogP contribution in [0.1, 0.15) is 31.4 Å². The number of carboxylic acids is 1. The number of carbonyl (C=O) groups is 3. The summed E-state index contributed by atoms with van der Waals surface area (Å²) in [5.74, 6) is -1.51. The van der Waals surface area contributed by atoms with Gasteiger partial charge >= 0.3 is 5.97 Å². The van der Waals surface area contributed by atoms with E-state index in [1.165, 1.54) is 11.0 Å². The van der Waals surface area contributed by atoms with E-state index in [9.17, 15) is 14.4 Å². The number of hydrogen-bond acceptors (Lipinski definition) is 3. The summed E-state index contributed by atoms with van der Waals surface area (Å²) in [4.78, 5) is 36.1. The SMILES string of the molecule is Cc1ccc(N2C(=O)CC(C)(C)C2=O)cc1C=CC(=O)O. The van der Waals surface area contributed by atoms with E-state index < -0.39 is 11.4 Å². The number of aliphatic carboxylic acids is 1. The number of carbonyl (C=O) groups excluding carboxylic acids is 2. The Kier molecular flexibility index (Phi) is 3.68. The van der Waals surface area contributed by atoms with Crippen molar-refractivity contribution in [2.75, 3.05) is 4.90 Å². The molecule has 1 N–H and O–H groups in total. The second-order valence-corrected chi connectivity index (χ2v) is 5.81. The van der Waals surface area contributed by atoms with Gasteiger partial charge in [0.1, 0.15) is 0 Å². The van der Waals surface area contributed by atoms with Crippen molar-refractivity contribution in [2.24, 2.45) is 5.41 Å². The van der Waals surface area contributed by atoms with Crippen molar-refractivity contribution in [2.45, 2.75) is 27.2 Å². The lowest BCUT2D eigenvalue weighted by Crippen LogP contribution is -2.33. The Balaban J connectivity index is 2.42. The molecule has 110 valence electrons. The molecule has 1 saturated heterocycles. The third kappa shape index (κ3) is 2.86. The molecule has 2 amide bonds. The third-order valence-corrected chi connectivity index (χ3v) is 3.55. The van der Waals surface area contributed by atoms with Gasteiger partial charge in [0.15, 0.2) is 0 Å². The Labute approximate surface area is 122 Å². The Morgan fingerprint density at radius 1 is 1.33 bits per heavy atom. The highest BCUT2D eigenvalue weighted by molar-refractivity contribution is 6.22. The number of rotatable bonds is 3. The Morgan fingerprint density at radius 2 is 2.00 bits per heavy atom. The minimum absolute atomic E-state index is 0.181. The number of anilines is 1. The second-order valence-electron chi connectivity index (χ2n) is 5.81. The minimum atomic E-state index is -1.05. The minimum Gasteiger partial charge on any atom is -0.478 e. The van der Waals surface area contributed by atoms with Gasteiger partial charge in [0.05, 0.1) is 11.1 Å². The lowest BCUT2D eigenvalue weighted by Gasteiger charge is -2.18. The molecule has 1 aromatic carbocycles. The molecular weight excluding hydrogens is 270 g/mol. The van der Waals surface area contributed by atoms with Crippen LogP contribution in [0.2, 0.25) is 0 Å². The van der Waals surface area contributed by atoms with E-state index in [1.807, 2.05) is 6.92 Å². The third-order valence-electron chi connectivity index (χ3n) is 3.55. The van der Waals surface area contributed by atoms with Crippen LogP contribution in [0.3, 0.4) is 0 Å². The summed E-state index contributed by atoms with van der Waals surface area (Å²) in [5, 5.41) is 8.69. The normalized spacial score (nSPS) is 17.8. The van der Waals surface area contributed by atoms with E-state index in [0.29, 0.717) is 11.3 Å². The van der Waals surface area contributed by atoms with Crippen LogP contribution in [0.15, 0.2) is 24.3 Å². The summed E-state index contributed by atoms with van der Waals surface area (Å²) in [6, 6.07) is 5.12. The van der Waals surface area contributed by atoms with Crippen LogP contribution >= 0.6 is 0 Å². The highest BCUT2D eigenvalue weighted by Crippen LogP contribution is 2.35. The van der Waals surface area contributed by atoms with Crippen LogP contribution in [0.25, 0.3) is 6.08 Å². The summed E-state index contributed by atoms with van der Waals surface area (Å²) >= 11 is 0. The van der Waals surface area contributed by atoms with Crippen LogP contribution in [-0.4, -0.2) is 22.9 Å². The first kappa shape index (κ1) is 15.0. The number of carboxylic acid groups (broad SMARTS) is 1. The lowest BCUT2D eigenvalue weighted by molar-refractivity contribution is -0.131. The Bertz CT molecular complexity index is 658. The zero-order valence-electron chi connectivity index (χ0n) is 12.2. The molecule has 0 saturated carbocycles. The zero-order chi connectivity index (χ0) is 15.8. The average Bonchev–Trinajstić information content (AvgIpc) is 2.58. The van der Waals surface area contributed by atoms with Gasteiger partial charge in [-0.1, -0.05) is 19.9 Å². The molecule has 21 heavy (non-hydrogen) atoms. The number of aryl methyl sites for hydroxylation is 1. The molecule has 0 radical (unpaired) electrons. The van der Waals surface area contributed by atoms with Gasteiger partial charge in [0, 0.05) is 12.5 Å². The predicted octanol–water partition coefficient (Wildman–Crippen LogP) is 2.38. The first-order valence-electron chi connectivity index (χ1n) is 6.61. The van der Waals surface area contributed by atoms with Gasteiger partial charge in [0.25, 0.3) is 0 Å². The number of benzene rings is 1. The maximum atomic E-state index is 12.3. The summed E-state index contributed by atoms with van der Waals surface area (Å²) < 4.78 is 0. The van der Waals surface area contributed by atoms with Gasteiger partial charge < -0.3 is 5.11 Å². The van der Waals surface area contributed by atoms with E-state index in [1.54, 1.807) is 32.0 Å². The summed E-state index contributed by atoms with van der Waals surface area (Å²) in [6.45, 7) is 5.32. The van der Waals surface area contributed by atoms with E-state index in [-0.39, 0.29) is 18.2 Å². The van der Waals surface area contributed by atoms with Crippen molar-refractivity contribution in [3.8, 4) is 0 Å². The van der Waals surface area contributed by atoms with E-state index >= 15 is 0 Å². The van der Waals surface area contributed by atoms with Crippen molar-refractivity contribution >= 4 is 29.5 Å². The molecule has 1 aliphatic heterocycles. The molecule has 0 bridgehead atoms. The molecule has 1 heterocycles. The fourth-order valence-electron chi connectivity index (χ4n) is 2.32. The van der Waals surface area contributed by atoms with Crippen LogP contribution < -0.4 is 4.90 Å². The van der Waals surface area contributed by atoms with E-state index in [0.717, 1.165) is 11.6 Å². The van der Waals surface area contributed by atoms with Gasteiger partial charge in [-0.2, -0.15) is 0 Å². The van der Waals surface area contributed by atoms with Gasteiger partial charge in [-0.05, 0) is 36.3 Å². The molecule has 0 unspecified atom stereocenters. The van der Waals surface area contributed by atoms with E-state index in [2.05, 4.69) is 0 Å². The number of nitrogens with zero attached hydrogens (tertiary/aromatic N) is 1. The van der Waals surface area contributed by atoms with Crippen LogP contribution in [0.4, 0.5) is 5.69 Å².